The first-order chi connectivity index (χ1) is 19.4. The van der Waals surface area contributed by atoms with Crippen LogP contribution >= 0.6 is 0 Å². The summed E-state index contributed by atoms with van der Waals surface area (Å²) in [7, 11) is 0. The third kappa shape index (κ3) is 8.24. The summed E-state index contributed by atoms with van der Waals surface area (Å²) in [6.45, 7) is 9.27. The first-order valence-corrected chi connectivity index (χ1v) is 14.9. The fraction of sp³-hybridized carbons (Fsp3) is 0.545. The Bertz CT molecular complexity index is 1210. The highest BCUT2D eigenvalue weighted by molar-refractivity contribution is 5.93. The van der Waals surface area contributed by atoms with Gasteiger partial charge in [0.1, 0.15) is 23.4 Å². The molecule has 8 nitrogen and oxygen atoms in total. The number of rotatable bonds is 9. The summed E-state index contributed by atoms with van der Waals surface area (Å²) in [6, 6.07) is 10.7. The summed E-state index contributed by atoms with van der Waals surface area (Å²) in [5, 5.41) is 15.9. The molecule has 0 heterocycles. The van der Waals surface area contributed by atoms with Crippen LogP contribution < -0.4 is 10.6 Å². The van der Waals surface area contributed by atoms with E-state index in [1.165, 1.54) is 6.42 Å². The number of hydrogen-bond acceptors (Lipinski definition) is 5. The van der Waals surface area contributed by atoms with Gasteiger partial charge in [0, 0.05) is 18.5 Å². The second-order valence-corrected chi connectivity index (χ2v) is 12.6. The zero-order chi connectivity index (χ0) is 29.7. The van der Waals surface area contributed by atoms with Crippen molar-refractivity contribution in [2.24, 2.45) is 0 Å². The number of aryl methyl sites for hydroxylation is 2. The van der Waals surface area contributed by atoms with Gasteiger partial charge in [-0.2, -0.15) is 0 Å². The number of nitrogens with zero attached hydrogens (tertiary/aromatic N) is 1. The number of carbonyl (C=O) groups excluding carboxylic acids is 3. The lowest BCUT2D eigenvalue weighted by Gasteiger charge is -2.37. The minimum atomic E-state index is -0.968. The van der Waals surface area contributed by atoms with Crippen LogP contribution in [-0.2, 0) is 20.7 Å². The van der Waals surface area contributed by atoms with Crippen molar-refractivity contribution in [2.45, 2.75) is 116 Å². The van der Waals surface area contributed by atoms with Crippen LogP contribution in [-0.4, -0.2) is 51.6 Å². The van der Waals surface area contributed by atoms with Gasteiger partial charge in [0.25, 0.3) is 0 Å². The zero-order valence-corrected chi connectivity index (χ0v) is 25.0. The first-order valence-electron chi connectivity index (χ1n) is 14.9. The number of ether oxygens (including phenoxy) is 1. The molecule has 2 aliphatic rings. The number of amides is 3. The minimum absolute atomic E-state index is 0.0897. The predicted molar refractivity (Wildman–Crippen MR) is 159 cm³/mol. The minimum Gasteiger partial charge on any atom is -0.508 e. The molecule has 0 aromatic heterocycles. The summed E-state index contributed by atoms with van der Waals surface area (Å²) >= 11 is 0. The van der Waals surface area contributed by atoms with Gasteiger partial charge in [-0.25, -0.2) is 4.79 Å². The van der Waals surface area contributed by atoms with Crippen molar-refractivity contribution < 1.29 is 24.2 Å². The van der Waals surface area contributed by atoms with Crippen molar-refractivity contribution in [3.8, 4) is 5.75 Å². The van der Waals surface area contributed by atoms with E-state index >= 15 is 0 Å². The van der Waals surface area contributed by atoms with Gasteiger partial charge in [0.15, 0.2) is 0 Å². The van der Waals surface area contributed by atoms with Crippen LogP contribution in [0.25, 0.3) is 0 Å². The van der Waals surface area contributed by atoms with E-state index < -0.39 is 23.8 Å². The molecule has 222 valence electrons. The van der Waals surface area contributed by atoms with Gasteiger partial charge < -0.3 is 25.4 Å². The molecule has 8 heteroatoms. The van der Waals surface area contributed by atoms with Crippen LogP contribution in [0.4, 0.5) is 4.79 Å². The molecule has 2 aromatic carbocycles. The topological polar surface area (TPSA) is 108 Å². The molecule has 3 amide bonds. The van der Waals surface area contributed by atoms with E-state index in [1.807, 2.05) is 32.0 Å². The summed E-state index contributed by atoms with van der Waals surface area (Å²) < 4.78 is 5.52. The van der Waals surface area contributed by atoms with Crippen LogP contribution in [0.15, 0.2) is 42.5 Å². The maximum atomic E-state index is 14.6. The van der Waals surface area contributed by atoms with Gasteiger partial charge in [-0.05, 0) is 94.7 Å². The van der Waals surface area contributed by atoms with E-state index in [4.69, 9.17) is 4.74 Å². The molecule has 2 aliphatic carbocycles. The number of alkyl carbamates (subject to hydrolysis) is 1. The molecular formula is C33H45N3O5. The maximum Gasteiger partial charge on any atom is 0.408 e. The predicted octanol–water partition coefficient (Wildman–Crippen LogP) is 5.63. The van der Waals surface area contributed by atoms with E-state index in [9.17, 15) is 19.5 Å². The number of phenols is 1. The molecule has 3 N–H and O–H groups in total. The Morgan fingerprint density at radius 1 is 0.951 bits per heavy atom. The maximum absolute atomic E-state index is 14.6. The number of hydrogen-bond donors (Lipinski definition) is 3. The molecule has 2 saturated carbocycles. The highest BCUT2D eigenvalue weighted by Crippen LogP contribution is 2.38. The van der Waals surface area contributed by atoms with Gasteiger partial charge in [-0.3, -0.25) is 9.59 Å². The molecule has 2 atom stereocenters. The van der Waals surface area contributed by atoms with Crippen LogP contribution in [0, 0.1) is 13.8 Å². The number of phenolic OH excluding ortho intramolecular Hbond substituents is 1. The van der Waals surface area contributed by atoms with E-state index in [2.05, 4.69) is 10.6 Å². The van der Waals surface area contributed by atoms with Crippen molar-refractivity contribution >= 4 is 17.9 Å². The van der Waals surface area contributed by atoms with Gasteiger partial charge in [-0.15, -0.1) is 0 Å². The fourth-order valence-corrected chi connectivity index (χ4v) is 5.75. The average Bonchev–Trinajstić information content (AvgIpc) is 3.73. The number of benzene rings is 2. The van der Waals surface area contributed by atoms with Crippen LogP contribution in [0.1, 0.15) is 94.0 Å². The average molecular weight is 564 g/mol. The molecule has 0 bridgehead atoms. The molecule has 41 heavy (non-hydrogen) atoms. The van der Waals surface area contributed by atoms with Crippen LogP contribution in [0.3, 0.4) is 0 Å². The Balaban J connectivity index is 1.72. The van der Waals surface area contributed by atoms with Crippen molar-refractivity contribution in [3.05, 3.63) is 64.7 Å². The van der Waals surface area contributed by atoms with Gasteiger partial charge in [0.2, 0.25) is 11.8 Å². The van der Waals surface area contributed by atoms with Crippen LogP contribution in [0.2, 0.25) is 0 Å². The quantitative estimate of drug-likeness (QED) is 0.367. The van der Waals surface area contributed by atoms with Gasteiger partial charge >= 0.3 is 6.09 Å². The molecular weight excluding hydrogens is 518 g/mol. The second kappa shape index (κ2) is 13.0. The van der Waals surface area contributed by atoms with Crippen molar-refractivity contribution in [1.82, 2.24) is 15.5 Å². The fourth-order valence-electron chi connectivity index (χ4n) is 5.75. The van der Waals surface area contributed by atoms with E-state index in [-0.39, 0.29) is 36.1 Å². The number of aromatic hydroxyl groups is 1. The number of nitrogens with one attached hydrogen (secondary N) is 2. The molecule has 2 fully saturated rings. The number of carbonyl (C=O) groups is 3. The molecule has 2 unspecified atom stereocenters. The van der Waals surface area contributed by atoms with Crippen molar-refractivity contribution in [2.75, 3.05) is 0 Å². The summed E-state index contributed by atoms with van der Waals surface area (Å²) in [6.07, 6.45) is 6.29. The Labute approximate surface area is 243 Å². The second-order valence-electron chi connectivity index (χ2n) is 12.6. The Morgan fingerprint density at radius 2 is 1.56 bits per heavy atom. The highest BCUT2D eigenvalue weighted by atomic mass is 16.6. The Morgan fingerprint density at radius 3 is 2.12 bits per heavy atom. The summed E-state index contributed by atoms with van der Waals surface area (Å²) in [4.78, 5) is 43.4. The van der Waals surface area contributed by atoms with E-state index in [0.29, 0.717) is 0 Å². The third-order valence-electron chi connectivity index (χ3n) is 7.85. The third-order valence-corrected chi connectivity index (χ3v) is 7.85. The molecule has 0 radical (unpaired) electrons. The molecule has 4 rings (SSSR count). The standard InChI is InChI=1S/C33H45N3O5/c1-21-10-9-11-22(2)28(21)29(30(38)34-24-12-7-6-8-13-24)36(25-16-17-25)31(39)27(35-32(40)41-33(3,4)5)20-23-14-18-26(37)19-15-23/h9-11,14-15,18-19,24-25,27,29,37H,6-8,12-13,16-17,20H2,1-5H3,(H,34,38)(H,35,40). The van der Waals surface area contributed by atoms with Crippen molar-refractivity contribution in [3.63, 3.8) is 0 Å². The lowest BCUT2D eigenvalue weighted by Crippen LogP contribution is -2.55. The SMILES string of the molecule is Cc1cccc(C)c1C(C(=O)NC1CCCCC1)N(C(=O)C(Cc1ccc(O)cc1)NC(=O)OC(C)(C)C)C1CC1. The van der Waals surface area contributed by atoms with Gasteiger partial charge in [-0.1, -0.05) is 49.6 Å². The molecule has 0 saturated heterocycles. The van der Waals surface area contributed by atoms with Gasteiger partial charge in [0.05, 0.1) is 0 Å². The van der Waals surface area contributed by atoms with E-state index in [0.717, 1.165) is 60.8 Å². The summed E-state index contributed by atoms with van der Waals surface area (Å²) in [5.74, 6) is -0.376. The lowest BCUT2D eigenvalue weighted by atomic mass is 9.91. The summed E-state index contributed by atoms with van der Waals surface area (Å²) in [5.41, 5.74) is 2.75. The normalized spacial score (nSPS) is 17.3. The first kappa shape index (κ1) is 30.4. The van der Waals surface area contributed by atoms with Crippen molar-refractivity contribution in [1.29, 1.82) is 0 Å². The van der Waals surface area contributed by atoms with E-state index in [1.54, 1.807) is 49.9 Å². The highest BCUT2D eigenvalue weighted by Gasteiger charge is 2.45. The largest absolute Gasteiger partial charge is 0.508 e. The monoisotopic (exact) mass is 563 g/mol. The molecule has 2 aromatic rings. The lowest BCUT2D eigenvalue weighted by molar-refractivity contribution is -0.143. The smallest absolute Gasteiger partial charge is 0.408 e. The molecule has 0 aliphatic heterocycles. The van der Waals surface area contributed by atoms with Crippen LogP contribution in [0.5, 0.6) is 5.75 Å². The Kier molecular flexibility index (Phi) is 9.61. The molecule has 0 spiro atoms. The Hall–Kier alpha value is -3.55. The zero-order valence-electron chi connectivity index (χ0n) is 25.0.